The lowest BCUT2D eigenvalue weighted by Gasteiger charge is -2.22. The lowest BCUT2D eigenvalue weighted by atomic mass is 9.84. The summed E-state index contributed by atoms with van der Waals surface area (Å²) in [5.41, 5.74) is 12.9. The molecule has 3 heterocycles. The summed E-state index contributed by atoms with van der Waals surface area (Å²) < 4.78 is 11.2. The summed E-state index contributed by atoms with van der Waals surface area (Å²) in [5, 5.41) is 7.57. The van der Waals surface area contributed by atoms with Crippen molar-refractivity contribution in [2.24, 2.45) is 0 Å². The van der Waals surface area contributed by atoms with Crippen molar-refractivity contribution in [2.75, 3.05) is 0 Å². The minimum absolute atomic E-state index is 0.00125. The predicted molar refractivity (Wildman–Crippen MR) is 223 cm³/mol. The third-order valence-corrected chi connectivity index (χ3v) is 10.6. The summed E-state index contributed by atoms with van der Waals surface area (Å²) in [4.78, 5) is 4.87. The molecule has 4 aromatic carbocycles. The molecule has 0 atom stereocenters. The molecule has 0 N–H and O–H groups in total. The maximum absolute atomic E-state index is 6.84. The van der Waals surface area contributed by atoms with Gasteiger partial charge in [-0.2, -0.15) is 5.10 Å². The van der Waals surface area contributed by atoms with Gasteiger partial charge in [0, 0.05) is 40.4 Å². The van der Waals surface area contributed by atoms with Crippen molar-refractivity contribution < 1.29 is 4.74 Å². The number of para-hydroxylation sites is 1. The van der Waals surface area contributed by atoms with Crippen LogP contribution in [0.3, 0.4) is 0 Å². The number of fused-ring (bicyclic) bond motifs is 3. The molecule has 0 radical (unpaired) electrons. The van der Waals surface area contributed by atoms with Gasteiger partial charge in [-0.25, -0.2) is 9.67 Å². The van der Waals surface area contributed by atoms with Crippen molar-refractivity contribution in [1.82, 2.24) is 19.3 Å². The van der Waals surface area contributed by atoms with E-state index in [0.29, 0.717) is 11.8 Å². The molecule has 0 saturated heterocycles. The van der Waals surface area contributed by atoms with Crippen LogP contribution in [0, 0.1) is 13.8 Å². The number of hydrogen-bond acceptors (Lipinski definition) is 3. The Morgan fingerprint density at radius 1 is 0.604 bits per heavy atom. The highest BCUT2D eigenvalue weighted by molar-refractivity contribution is 6.09. The van der Waals surface area contributed by atoms with Crippen molar-refractivity contribution in [3.8, 4) is 34.1 Å². The highest BCUT2D eigenvalue weighted by Gasteiger charge is 2.25. The van der Waals surface area contributed by atoms with E-state index in [4.69, 9.17) is 14.8 Å². The van der Waals surface area contributed by atoms with Gasteiger partial charge in [0.15, 0.2) is 0 Å². The fourth-order valence-corrected chi connectivity index (χ4v) is 7.70. The Hall–Kier alpha value is -5.16. The van der Waals surface area contributed by atoms with Gasteiger partial charge in [0.25, 0.3) is 0 Å². The standard InChI is InChI=1S/C48H54N4O/c1-29(2)38-17-15-18-39(30(3)4)46(38)45-31(5)50-52(32(45)6)35-24-34(48(10,11)12)25-37(27-35)53-36-20-21-41-40-16-13-14-19-42(40)51(43(41)28-36)44-26-33(22-23-49-44)47(7,8)9/h13-30H,1-12H3. The van der Waals surface area contributed by atoms with Gasteiger partial charge in [-0.3, -0.25) is 4.57 Å². The van der Waals surface area contributed by atoms with Crippen LogP contribution in [0.4, 0.5) is 0 Å². The Bertz CT molecular complexity index is 2450. The summed E-state index contributed by atoms with van der Waals surface area (Å²) in [6.45, 7) is 26.9. The SMILES string of the molecule is Cc1nn(-c2cc(Oc3ccc4c5ccccc5n(-c5cc(C(C)(C)C)ccn5)c4c3)cc(C(C)(C)C)c2)c(C)c1-c1c(C(C)C)cccc1C(C)C. The first-order valence-electron chi connectivity index (χ1n) is 19.1. The molecule has 0 spiro atoms. The average molecular weight is 703 g/mol. The first kappa shape index (κ1) is 36.2. The molecule has 0 aliphatic carbocycles. The second-order valence-electron chi connectivity index (χ2n) is 17.3. The van der Waals surface area contributed by atoms with E-state index in [1.54, 1.807) is 0 Å². The number of rotatable bonds is 7. The topological polar surface area (TPSA) is 44.9 Å². The molecule has 0 saturated carbocycles. The van der Waals surface area contributed by atoms with Crippen LogP contribution in [0.25, 0.3) is 44.4 Å². The van der Waals surface area contributed by atoms with Crippen LogP contribution in [-0.4, -0.2) is 19.3 Å². The van der Waals surface area contributed by atoms with Crippen molar-refractivity contribution in [1.29, 1.82) is 0 Å². The number of ether oxygens (including phenoxy) is 1. The lowest BCUT2D eigenvalue weighted by molar-refractivity contribution is 0.478. The molecular weight excluding hydrogens is 649 g/mol. The van der Waals surface area contributed by atoms with Gasteiger partial charge >= 0.3 is 0 Å². The fourth-order valence-electron chi connectivity index (χ4n) is 7.70. The fraction of sp³-hybridized carbons (Fsp3) is 0.333. The largest absolute Gasteiger partial charge is 0.457 e. The molecule has 3 aromatic heterocycles. The molecule has 0 aliphatic rings. The molecule has 0 fully saturated rings. The van der Waals surface area contributed by atoms with E-state index in [9.17, 15) is 0 Å². The van der Waals surface area contributed by atoms with E-state index in [1.165, 1.54) is 38.8 Å². The van der Waals surface area contributed by atoms with Gasteiger partial charge in [0.05, 0.1) is 22.4 Å². The zero-order chi connectivity index (χ0) is 38.0. The number of aryl methyl sites for hydroxylation is 1. The van der Waals surface area contributed by atoms with Gasteiger partial charge < -0.3 is 4.74 Å². The van der Waals surface area contributed by atoms with Crippen molar-refractivity contribution >= 4 is 21.8 Å². The monoisotopic (exact) mass is 702 g/mol. The van der Waals surface area contributed by atoms with Crippen LogP contribution in [0.1, 0.15) is 115 Å². The third-order valence-electron chi connectivity index (χ3n) is 10.6. The van der Waals surface area contributed by atoms with Gasteiger partial charge in [0.1, 0.15) is 17.3 Å². The van der Waals surface area contributed by atoms with Crippen LogP contribution in [-0.2, 0) is 10.8 Å². The van der Waals surface area contributed by atoms with Crippen LogP contribution >= 0.6 is 0 Å². The summed E-state index contributed by atoms with van der Waals surface area (Å²) in [7, 11) is 0. The maximum Gasteiger partial charge on any atom is 0.137 e. The van der Waals surface area contributed by atoms with Gasteiger partial charge in [-0.05, 0) is 107 Å². The molecular formula is C48H54N4O. The second kappa shape index (κ2) is 13.4. The molecule has 5 nitrogen and oxygen atoms in total. The first-order chi connectivity index (χ1) is 25.0. The molecule has 272 valence electrons. The summed E-state index contributed by atoms with van der Waals surface area (Å²) in [5.74, 6) is 3.24. The molecule has 5 heteroatoms. The Morgan fingerprint density at radius 3 is 1.92 bits per heavy atom. The molecule has 0 amide bonds. The Balaban J connectivity index is 1.37. The predicted octanol–water partition coefficient (Wildman–Crippen LogP) is 13.3. The quantitative estimate of drug-likeness (QED) is 0.166. The van der Waals surface area contributed by atoms with Crippen LogP contribution < -0.4 is 4.74 Å². The van der Waals surface area contributed by atoms with Crippen LogP contribution in [0.2, 0.25) is 0 Å². The molecule has 7 aromatic rings. The van der Waals surface area contributed by atoms with Crippen LogP contribution in [0.5, 0.6) is 11.5 Å². The smallest absolute Gasteiger partial charge is 0.137 e. The number of benzene rings is 4. The Morgan fingerprint density at radius 2 is 1.26 bits per heavy atom. The highest BCUT2D eigenvalue weighted by atomic mass is 16.5. The molecule has 53 heavy (non-hydrogen) atoms. The number of pyridine rings is 1. The number of aromatic nitrogens is 4. The first-order valence-corrected chi connectivity index (χ1v) is 19.1. The second-order valence-corrected chi connectivity index (χ2v) is 17.3. The summed E-state index contributed by atoms with van der Waals surface area (Å²) >= 11 is 0. The summed E-state index contributed by atoms with van der Waals surface area (Å²) in [6.07, 6.45) is 1.92. The normalized spacial score (nSPS) is 12.5. The van der Waals surface area contributed by atoms with E-state index in [0.717, 1.165) is 50.8 Å². The zero-order valence-electron chi connectivity index (χ0n) is 33.6. The molecule has 0 aliphatic heterocycles. The van der Waals surface area contributed by atoms with E-state index >= 15 is 0 Å². The molecule has 0 bridgehead atoms. The zero-order valence-corrected chi connectivity index (χ0v) is 33.6. The van der Waals surface area contributed by atoms with Gasteiger partial charge in [-0.15, -0.1) is 0 Å². The van der Waals surface area contributed by atoms with Gasteiger partial charge in [-0.1, -0.05) is 106 Å². The minimum atomic E-state index is -0.109. The third kappa shape index (κ3) is 6.67. The number of nitrogens with zero attached hydrogens (tertiary/aromatic N) is 4. The van der Waals surface area contributed by atoms with Crippen LogP contribution in [0.15, 0.2) is 97.2 Å². The molecule has 7 rings (SSSR count). The molecule has 0 unspecified atom stereocenters. The van der Waals surface area contributed by atoms with E-state index in [1.807, 2.05) is 6.20 Å². The summed E-state index contributed by atoms with van der Waals surface area (Å²) in [6, 6.07) is 32.6. The van der Waals surface area contributed by atoms with E-state index in [-0.39, 0.29) is 10.8 Å². The Kier molecular flexibility index (Phi) is 9.13. The lowest BCUT2D eigenvalue weighted by Crippen LogP contribution is -2.12. The van der Waals surface area contributed by atoms with Crippen molar-refractivity contribution in [3.63, 3.8) is 0 Å². The highest BCUT2D eigenvalue weighted by Crippen LogP contribution is 2.41. The van der Waals surface area contributed by atoms with Crippen molar-refractivity contribution in [2.45, 2.75) is 106 Å². The van der Waals surface area contributed by atoms with E-state index < -0.39 is 0 Å². The average Bonchev–Trinajstić information content (AvgIpc) is 3.59. The maximum atomic E-state index is 6.84. The van der Waals surface area contributed by atoms with Gasteiger partial charge in [0.2, 0.25) is 0 Å². The van der Waals surface area contributed by atoms with E-state index in [2.05, 4.69) is 183 Å². The van der Waals surface area contributed by atoms with Crippen molar-refractivity contribution in [3.05, 3.63) is 131 Å². The Labute approximate surface area is 315 Å². The number of hydrogen-bond donors (Lipinski definition) is 0. The minimum Gasteiger partial charge on any atom is -0.457 e.